The van der Waals surface area contributed by atoms with Gasteiger partial charge in [0, 0.05) is 18.5 Å². The lowest BCUT2D eigenvalue weighted by Crippen LogP contribution is -2.40. The number of halogens is 1. The highest BCUT2D eigenvalue weighted by molar-refractivity contribution is 14.0. The molecule has 28 heavy (non-hydrogen) atoms. The van der Waals surface area contributed by atoms with Crippen molar-refractivity contribution < 1.29 is 13.9 Å². The van der Waals surface area contributed by atoms with Crippen molar-refractivity contribution in [2.45, 2.75) is 26.3 Å². The second-order valence-corrected chi connectivity index (χ2v) is 6.35. The van der Waals surface area contributed by atoms with Crippen LogP contribution in [0.3, 0.4) is 0 Å². The lowest BCUT2D eigenvalue weighted by Gasteiger charge is -2.21. The van der Waals surface area contributed by atoms with Crippen molar-refractivity contribution in [1.29, 1.82) is 0 Å². The molecule has 0 aliphatic carbocycles. The lowest BCUT2D eigenvalue weighted by molar-refractivity contribution is 0.394. The van der Waals surface area contributed by atoms with Crippen molar-refractivity contribution in [2.75, 3.05) is 27.3 Å². The zero-order chi connectivity index (χ0) is 19.6. The summed E-state index contributed by atoms with van der Waals surface area (Å²) in [5, 5.41) is 6.77. The first-order valence-corrected chi connectivity index (χ1v) is 8.97. The first-order valence-electron chi connectivity index (χ1n) is 8.97. The van der Waals surface area contributed by atoms with Gasteiger partial charge in [0.25, 0.3) is 0 Å². The topological polar surface area (TPSA) is 68.0 Å². The molecule has 0 fully saturated rings. The number of aliphatic imine (C=N–C) groups is 1. The highest BCUT2D eigenvalue weighted by atomic mass is 127. The van der Waals surface area contributed by atoms with Crippen molar-refractivity contribution in [1.82, 2.24) is 10.6 Å². The number of furan rings is 1. The van der Waals surface area contributed by atoms with Crippen LogP contribution in [-0.2, 0) is 6.42 Å². The van der Waals surface area contributed by atoms with Crippen LogP contribution < -0.4 is 20.1 Å². The van der Waals surface area contributed by atoms with E-state index in [-0.39, 0.29) is 30.0 Å². The minimum atomic E-state index is -0.0324. The summed E-state index contributed by atoms with van der Waals surface area (Å²) < 4.78 is 16.2. The van der Waals surface area contributed by atoms with Crippen LogP contribution in [0.5, 0.6) is 11.5 Å². The SMILES string of the molecule is C=C(C)CN=C(NCCc1ccco1)NC(C)c1cc(OC)ccc1OC.I. The standard InChI is InChI=1S/C21H29N3O3.HI/c1-15(2)14-23-21(22-11-10-17-7-6-12-27-17)24-16(3)19-13-18(25-4)8-9-20(19)26-5;/h6-9,12-13,16H,1,10-11,14H2,2-5H3,(H2,22,23,24);1H. The maximum atomic E-state index is 5.49. The van der Waals surface area contributed by atoms with Crippen molar-refractivity contribution in [3.63, 3.8) is 0 Å². The van der Waals surface area contributed by atoms with E-state index in [4.69, 9.17) is 13.9 Å². The van der Waals surface area contributed by atoms with E-state index in [9.17, 15) is 0 Å². The fourth-order valence-corrected chi connectivity index (χ4v) is 2.59. The van der Waals surface area contributed by atoms with Gasteiger partial charge in [0.05, 0.1) is 33.1 Å². The number of benzene rings is 1. The molecule has 0 saturated carbocycles. The Hall–Kier alpha value is -2.16. The number of ether oxygens (including phenoxy) is 2. The molecule has 0 saturated heterocycles. The monoisotopic (exact) mass is 499 g/mol. The first kappa shape index (κ1) is 23.9. The highest BCUT2D eigenvalue weighted by Gasteiger charge is 2.14. The molecule has 0 aliphatic heterocycles. The normalized spacial score (nSPS) is 11.9. The summed E-state index contributed by atoms with van der Waals surface area (Å²) in [6, 6.07) is 9.57. The zero-order valence-electron chi connectivity index (χ0n) is 17.0. The average molecular weight is 499 g/mol. The summed E-state index contributed by atoms with van der Waals surface area (Å²) in [4.78, 5) is 4.60. The van der Waals surface area contributed by atoms with Gasteiger partial charge in [0.15, 0.2) is 5.96 Å². The molecule has 0 radical (unpaired) electrons. The third kappa shape index (κ3) is 7.46. The van der Waals surface area contributed by atoms with E-state index in [1.807, 2.05) is 37.3 Å². The van der Waals surface area contributed by atoms with Crippen molar-refractivity contribution in [3.05, 3.63) is 60.1 Å². The second-order valence-electron chi connectivity index (χ2n) is 6.35. The smallest absolute Gasteiger partial charge is 0.192 e. The molecule has 2 aromatic rings. The van der Waals surface area contributed by atoms with Crippen LogP contribution in [0.15, 0.2) is 58.2 Å². The summed E-state index contributed by atoms with van der Waals surface area (Å²) in [6.07, 6.45) is 2.46. The quantitative estimate of drug-likeness (QED) is 0.233. The molecule has 1 aromatic heterocycles. The molecule has 0 bridgehead atoms. The number of hydrogen-bond donors (Lipinski definition) is 2. The minimum absolute atomic E-state index is 0. The van der Waals surface area contributed by atoms with Crippen molar-refractivity contribution in [3.8, 4) is 11.5 Å². The third-order valence-corrected chi connectivity index (χ3v) is 4.01. The summed E-state index contributed by atoms with van der Waals surface area (Å²) in [7, 11) is 3.31. The summed E-state index contributed by atoms with van der Waals surface area (Å²) in [5.74, 6) is 3.22. The van der Waals surface area contributed by atoms with E-state index in [1.54, 1.807) is 20.5 Å². The molecule has 0 aliphatic rings. The van der Waals surface area contributed by atoms with Gasteiger partial charge in [-0.25, -0.2) is 4.99 Å². The van der Waals surface area contributed by atoms with E-state index >= 15 is 0 Å². The van der Waals surface area contributed by atoms with Crippen molar-refractivity contribution >= 4 is 29.9 Å². The molecule has 7 heteroatoms. The molecular formula is C21H30IN3O3. The molecule has 0 amide bonds. The molecule has 0 spiro atoms. The number of nitrogens with one attached hydrogen (secondary N) is 2. The van der Waals surface area contributed by atoms with E-state index in [0.717, 1.165) is 34.8 Å². The van der Waals surface area contributed by atoms with E-state index < -0.39 is 0 Å². The first-order chi connectivity index (χ1) is 13.0. The second kappa shape index (κ2) is 12.3. The predicted octanol–water partition coefficient (Wildman–Crippen LogP) is 4.33. The molecule has 2 N–H and O–H groups in total. The van der Waals surface area contributed by atoms with Gasteiger partial charge in [-0.15, -0.1) is 24.0 Å². The molecule has 1 unspecified atom stereocenters. The van der Waals surface area contributed by atoms with E-state index in [2.05, 4.69) is 29.1 Å². The van der Waals surface area contributed by atoms with Gasteiger partial charge in [-0.1, -0.05) is 12.2 Å². The van der Waals surface area contributed by atoms with Gasteiger partial charge in [-0.3, -0.25) is 0 Å². The van der Waals surface area contributed by atoms with Crippen LogP contribution in [0.2, 0.25) is 0 Å². The largest absolute Gasteiger partial charge is 0.497 e. The summed E-state index contributed by atoms with van der Waals surface area (Å²) >= 11 is 0. The Kier molecular flexibility index (Phi) is 10.5. The lowest BCUT2D eigenvalue weighted by atomic mass is 10.1. The maximum absolute atomic E-state index is 5.49. The van der Waals surface area contributed by atoms with Crippen molar-refractivity contribution in [2.24, 2.45) is 4.99 Å². The van der Waals surface area contributed by atoms with Gasteiger partial charge in [0.1, 0.15) is 17.3 Å². The Bertz CT molecular complexity index is 760. The zero-order valence-corrected chi connectivity index (χ0v) is 19.3. The molecule has 2 rings (SSSR count). The van der Waals surface area contributed by atoms with Crippen LogP contribution in [0.4, 0.5) is 0 Å². The molecule has 6 nitrogen and oxygen atoms in total. The molecule has 1 atom stereocenters. The highest BCUT2D eigenvalue weighted by Crippen LogP contribution is 2.29. The summed E-state index contributed by atoms with van der Waals surface area (Å²) in [5.41, 5.74) is 1.99. The van der Waals surface area contributed by atoms with Gasteiger partial charge < -0.3 is 24.5 Å². The minimum Gasteiger partial charge on any atom is -0.497 e. The molecule has 1 aromatic carbocycles. The van der Waals surface area contributed by atoms with Crippen LogP contribution in [0.1, 0.15) is 31.2 Å². The van der Waals surface area contributed by atoms with Crippen LogP contribution in [-0.4, -0.2) is 33.3 Å². The predicted molar refractivity (Wildman–Crippen MR) is 124 cm³/mol. The summed E-state index contributed by atoms with van der Waals surface area (Å²) in [6.45, 7) is 9.19. The Morgan fingerprint density at radius 1 is 1.25 bits per heavy atom. The van der Waals surface area contributed by atoms with Crippen LogP contribution in [0, 0.1) is 0 Å². The fraction of sp³-hybridized carbons (Fsp3) is 0.381. The third-order valence-electron chi connectivity index (χ3n) is 4.01. The Morgan fingerprint density at radius 2 is 2.04 bits per heavy atom. The van der Waals surface area contributed by atoms with Gasteiger partial charge in [-0.2, -0.15) is 0 Å². The van der Waals surface area contributed by atoms with E-state index in [0.29, 0.717) is 19.0 Å². The number of methoxy groups -OCH3 is 2. The average Bonchev–Trinajstić information content (AvgIpc) is 3.18. The van der Waals surface area contributed by atoms with Crippen LogP contribution >= 0.6 is 24.0 Å². The molecular weight excluding hydrogens is 469 g/mol. The fourth-order valence-electron chi connectivity index (χ4n) is 2.59. The maximum Gasteiger partial charge on any atom is 0.192 e. The molecule has 154 valence electrons. The number of hydrogen-bond acceptors (Lipinski definition) is 4. The Labute approximate surface area is 184 Å². The Balaban J connectivity index is 0.00000392. The number of guanidine groups is 1. The molecule has 1 heterocycles. The van der Waals surface area contributed by atoms with Gasteiger partial charge in [-0.05, 0) is 44.2 Å². The number of nitrogens with zero attached hydrogens (tertiary/aromatic N) is 1. The van der Waals surface area contributed by atoms with E-state index in [1.165, 1.54) is 0 Å². The van der Waals surface area contributed by atoms with Gasteiger partial charge in [0.2, 0.25) is 0 Å². The number of rotatable bonds is 9. The van der Waals surface area contributed by atoms with Crippen LogP contribution in [0.25, 0.3) is 0 Å². The Morgan fingerprint density at radius 3 is 2.64 bits per heavy atom. The van der Waals surface area contributed by atoms with Gasteiger partial charge >= 0.3 is 0 Å².